The summed E-state index contributed by atoms with van der Waals surface area (Å²) in [6, 6.07) is 5.27. The normalized spacial score (nSPS) is 22.9. The molecule has 5 heteroatoms. The second-order valence-corrected chi connectivity index (χ2v) is 5.53. The van der Waals surface area contributed by atoms with Crippen molar-refractivity contribution in [3.8, 4) is 11.4 Å². The fourth-order valence-electron chi connectivity index (χ4n) is 2.62. The van der Waals surface area contributed by atoms with Crippen LogP contribution in [0.1, 0.15) is 43.1 Å². The Bertz CT molecular complexity index is 603. The Hall–Kier alpha value is -1.75. The second-order valence-electron chi connectivity index (χ2n) is 5.53. The van der Waals surface area contributed by atoms with E-state index in [1.54, 1.807) is 13.0 Å². The van der Waals surface area contributed by atoms with Crippen LogP contribution in [0, 0.1) is 12.7 Å². The highest BCUT2D eigenvalue weighted by Crippen LogP contribution is 2.32. The summed E-state index contributed by atoms with van der Waals surface area (Å²) < 4.78 is 18.9. The standard InChI is InChI=1S/C15H18FN3O/c1-9-2-3-11(8-13(9)16)14-18-15(20-19-14)10-4-6-12(17)7-5-10/h2-3,8,10,12H,4-7,17H2,1H3. The van der Waals surface area contributed by atoms with Gasteiger partial charge in [0.15, 0.2) is 0 Å². The summed E-state index contributed by atoms with van der Waals surface area (Å²) >= 11 is 0. The molecule has 1 aliphatic carbocycles. The van der Waals surface area contributed by atoms with Crippen LogP contribution in [-0.4, -0.2) is 16.2 Å². The van der Waals surface area contributed by atoms with Gasteiger partial charge in [-0.15, -0.1) is 0 Å². The fraction of sp³-hybridized carbons (Fsp3) is 0.467. The molecular weight excluding hydrogens is 257 g/mol. The van der Waals surface area contributed by atoms with E-state index in [1.807, 2.05) is 6.07 Å². The molecule has 0 bridgehead atoms. The molecule has 1 fully saturated rings. The van der Waals surface area contributed by atoms with Gasteiger partial charge >= 0.3 is 0 Å². The molecule has 0 unspecified atom stereocenters. The van der Waals surface area contributed by atoms with Gasteiger partial charge in [0.1, 0.15) is 5.82 Å². The summed E-state index contributed by atoms with van der Waals surface area (Å²) in [5.74, 6) is 1.13. The molecule has 1 heterocycles. The van der Waals surface area contributed by atoms with Gasteiger partial charge in [0.25, 0.3) is 0 Å². The Kier molecular flexibility index (Phi) is 3.53. The summed E-state index contributed by atoms with van der Waals surface area (Å²) in [5, 5.41) is 3.97. The first-order valence-electron chi connectivity index (χ1n) is 6.99. The van der Waals surface area contributed by atoms with Gasteiger partial charge in [0.05, 0.1) is 0 Å². The highest BCUT2D eigenvalue weighted by Gasteiger charge is 2.25. The number of halogens is 1. The summed E-state index contributed by atoms with van der Waals surface area (Å²) in [4.78, 5) is 4.41. The average Bonchev–Trinajstić information content (AvgIpc) is 2.92. The van der Waals surface area contributed by atoms with E-state index in [0.717, 1.165) is 25.7 Å². The zero-order chi connectivity index (χ0) is 14.1. The predicted molar refractivity (Wildman–Crippen MR) is 73.6 cm³/mol. The minimum Gasteiger partial charge on any atom is -0.339 e. The number of aromatic nitrogens is 2. The van der Waals surface area contributed by atoms with E-state index in [2.05, 4.69) is 10.1 Å². The Morgan fingerprint density at radius 2 is 2.00 bits per heavy atom. The number of nitrogens with two attached hydrogens (primary N) is 1. The largest absolute Gasteiger partial charge is 0.339 e. The average molecular weight is 275 g/mol. The van der Waals surface area contributed by atoms with Crippen LogP contribution in [0.25, 0.3) is 11.4 Å². The number of rotatable bonds is 2. The molecule has 2 aromatic rings. The molecule has 1 aromatic heterocycles. The van der Waals surface area contributed by atoms with Crippen LogP contribution >= 0.6 is 0 Å². The molecule has 1 saturated carbocycles. The van der Waals surface area contributed by atoms with E-state index in [4.69, 9.17) is 10.3 Å². The third kappa shape index (κ3) is 2.58. The molecular formula is C15H18FN3O. The van der Waals surface area contributed by atoms with E-state index < -0.39 is 0 Å². The first-order chi connectivity index (χ1) is 9.63. The lowest BCUT2D eigenvalue weighted by molar-refractivity contribution is 0.301. The minimum absolute atomic E-state index is 0.252. The van der Waals surface area contributed by atoms with Crippen LogP contribution < -0.4 is 5.73 Å². The zero-order valence-electron chi connectivity index (χ0n) is 11.5. The first kappa shape index (κ1) is 13.2. The van der Waals surface area contributed by atoms with Crippen LogP contribution in [0.5, 0.6) is 0 Å². The molecule has 0 atom stereocenters. The van der Waals surface area contributed by atoms with Crippen molar-refractivity contribution in [2.45, 2.75) is 44.6 Å². The quantitative estimate of drug-likeness (QED) is 0.914. The monoisotopic (exact) mass is 275 g/mol. The van der Waals surface area contributed by atoms with Crippen molar-refractivity contribution in [2.24, 2.45) is 5.73 Å². The topological polar surface area (TPSA) is 64.9 Å². The van der Waals surface area contributed by atoms with Crippen molar-refractivity contribution >= 4 is 0 Å². The third-order valence-corrected chi connectivity index (χ3v) is 3.99. The van der Waals surface area contributed by atoms with Gasteiger partial charge in [-0.05, 0) is 44.2 Å². The maximum absolute atomic E-state index is 13.6. The van der Waals surface area contributed by atoms with E-state index in [1.165, 1.54) is 6.07 Å². The number of nitrogens with zero attached hydrogens (tertiary/aromatic N) is 2. The van der Waals surface area contributed by atoms with Crippen LogP contribution in [0.2, 0.25) is 0 Å². The van der Waals surface area contributed by atoms with Crippen molar-refractivity contribution in [3.05, 3.63) is 35.5 Å². The summed E-state index contributed by atoms with van der Waals surface area (Å²) in [6.07, 6.45) is 3.93. The molecule has 0 spiro atoms. The van der Waals surface area contributed by atoms with Crippen LogP contribution in [0.4, 0.5) is 4.39 Å². The van der Waals surface area contributed by atoms with Crippen molar-refractivity contribution in [3.63, 3.8) is 0 Å². The molecule has 0 aliphatic heterocycles. The van der Waals surface area contributed by atoms with E-state index in [9.17, 15) is 4.39 Å². The molecule has 0 amide bonds. The number of aryl methyl sites for hydroxylation is 1. The van der Waals surface area contributed by atoms with Gasteiger partial charge in [0, 0.05) is 17.5 Å². The van der Waals surface area contributed by atoms with Crippen molar-refractivity contribution in [1.29, 1.82) is 0 Å². The van der Waals surface area contributed by atoms with Crippen molar-refractivity contribution in [1.82, 2.24) is 10.1 Å². The molecule has 1 aromatic carbocycles. The van der Waals surface area contributed by atoms with Gasteiger partial charge in [0.2, 0.25) is 11.7 Å². The lowest BCUT2D eigenvalue weighted by Crippen LogP contribution is -2.25. The maximum atomic E-state index is 13.6. The smallest absolute Gasteiger partial charge is 0.230 e. The SMILES string of the molecule is Cc1ccc(-c2noc(C3CCC(N)CC3)n2)cc1F. The summed E-state index contributed by atoms with van der Waals surface area (Å²) in [5.41, 5.74) is 7.15. The zero-order valence-corrected chi connectivity index (χ0v) is 11.5. The van der Waals surface area contributed by atoms with Gasteiger partial charge < -0.3 is 10.3 Å². The molecule has 20 heavy (non-hydrogen) atoms. The van der Waals surface area contributed by atoms with Gasteiger partial charge in [-0.25, -0.2) is 4.39 Å². The van der Waals surface area contributed by atoms with Crippen LogP contribution in [0.15, 0.2) is 22.7 Å². The maximum Gasteiger partial charge on any atom is 0.230 e. The van der Waals surface area contributed by atoms with Crippen LogP contribution in [0.3, 0.4) is 0 Å². The van der Waals surface area contributed by atoms with Gasteiger partial charge in [-0.3, -0.25) is 0 Å². The summed E-state index contributed by atoms with van der Waals surface area (Å²) in [7, 11) is 0. The molecule has 1 aliphatic rings. The first-order valence-corrected chi connectivity index (χ1v) is 6.99. The molecule has 2 N–H and O–H groups in total. The van der Waals surface area contributed by atoms with Crippen molar-refractivity contribution < 1.29 is 8.91 Å². The van der Waals surface area contributed by atoms with E-state index >= 15 is 0 Å². The Balaban J connectivity index is 1.81. The van der Waals surface area contributed by atoms with E-state index in [0.29, 0.717) is 28.9 Å². The highest BCUT2D eigenvalue weighted by molar-refractivity contribution is 5.55. The molecule has 0 saturated heterocycles. The molecule has 106 valence electrons. The molecule has 4 nitrogen and oxygen atoms in total. The number of benzene rings is 1. The molecule has 3 rings (SSSR count). The summed E-state index contributed by atoms with van der Waals surface area (Å²) in [6.45, 7) is 1.73. The minimum atomic E-state index is -0.252. The number of hydrogen-bond acceptors (Lipinski definition) is 4. The third-order valence-electron chi connectivity index (χ3n) is 3.99. The predicted octanol–water partition coefficient (Wildman–Crippen LogP) is 3.17. The number of hydrogen-bond donors (Lipinski definition) is 1. The highest BCUT2D eigenvalue weighted by atomic mass is 19.1. The van der Waals surface area contributed by atoms with Gasteiger partial charge in [-0.2, -0.15) is 4.98 Å². The lowest BCUT2D eigenvalue weighted by atomic mass is 9.86. The second kappa shape index (κ2) is 5.32. The van der Waals surface area contributed by atoms with Gasteiger partial charge in [-0.1, -0.05) is 17.3 Å². The lowest BCUT2D eigenvalue weighted by Gasteiger charge is -2.22. The Morgan fingerprint density at radius 3 is 2.70 bits per heavy atom. The van der Waals surface area contributed by atoms with Crippen LogP contribution in [-0.2, 0) is 0 Å². The Morgan fingerprint density at radius 1 is 1.25 bits per heavy atom. The van der Waals surface area contributed by atoms with E-state index in [-0.39, 0.29) is 11.7 Å². The van der Waals surface area contributed by atoms with Crippen molar-refractivity contribution in [2.75, 3.05) is 0 Å². The Labute approximate surface area is 117 Å². The fourth-order valence-corrected chi connectivity index (χ4v) is 2.62. The molecule has 0 radical (unpaired) electrons.